The highest BCUT2D eigenvalue weighted by Gasteiger charge is 2.42. The van der Waals surface area contributed by atoms with Crippen LogP contribution in [0.25, 0.3) is 0 Å². The summed E-state index contributed by atoms with van der Waals surface area (Å²) in [6.45, 7) is 1.59. The fourth-order valence-corrected chi connectivity index (χ4v) is 1.39. The first-order valence-electron chi connectivity index (χ1n) is 2.21. The van der Waals surface area contributed by atoms with Crippen LogP contribution in [-0.2, 0) is 9.30 Å². The van der Waals surface area contributed by atoms with E-state index in [-0.39, 0.29) is 6.10 Å². The Bertz CT molecular complexity index is 138. The first-order valence-corrected chi connectivity index (χ1v) is 3.85. The topological polar surface area (TPSA) is 72.9 Å². The zero-order chi connectivity index (χ0) is 6.36. The SMILES string of the molecule is C[C@H]1O[C@H]1P(=O)([O-])O. The van der Waals surface area contributed by atoms with E-state index >= 15 is 0 Å². The fourth-order valence-electron chi connectivity index (χ4n) is 0.517. The standard InChI is InChI=1S/C3H7O4P/c1-2-3(7-2)8(4,5)6/h2-3H,1H3,(H2,4,5,6)/p-1/t2-,3+/m1/s1. The molecule has 48 valence electrons. The summed E-state index contributed by atoms with van der Waals surface area (Å²) in [6, 6.07) is 0. The molecule has 1 heterocycles. The molecule has 0 aromatic heterocycles. The first kappa shape index (κ1) is 6.23. The van der Waals surface area contributed by atoms with Crippen LogP contribution < -0.4 is 4.89 Å². The normalized spacial score (nSPS) is 43.4. The number of hydrogen-bond acceptors (Lipinski definition) is 3. The number of epoxide rings is 1. The van der Waals surface area contributed by atoms with Gasteiger partial charge in [0.25, 0.3) is 0 Å². The molecular weight excluding hydrogens is 131 g/mol. The molecule has 1 N–H and O–H groups in total. The Hall–Kier alpha value is 0.110. The molecule has 0 aromatic carbocycles. The molecule has 5 heteroatoms. The van der Waals surface area contributed by atoms with Gasteiger partial charge in [-0.25, -0.2) is 0 Å². The van der Waals surface area contributed by atoms with Crippen molar-refractivity contribution in [3.63, 3.8) is 0 Å². The van der Waals surface area contributed by atoms with Crippen LogP contribution in [0.4, 0.5) is 0 Å². The van der Waals surface area contributed by atoms with Gasteiger partial charge in [0.05, 0.1) is 6.10 Å². The molecule has 4 nitrogen and oxygen atoms in total. The number of ether oxygens (including phenoxy) is 1. The highest BCUT2D eigenvalue weighted by atomic mass is 31.2. The minimum absolute atomic E-state index is 0.316. The van der Waals surface area contributed by atoms with Gasteiger partial charge < -0.3 is 19.1 Å². The third-order valence-electron chi connectivity index (χ3n) is 1.00. The summed E-state index contributed by atoms with van der Waals surface area (Å²) < 4.78 is 14.5. The summed E-state index contributed by atoms with van der Waals surface area (Å²) in [6.07, 6.45) is -0.316. The summed E-state index contributed by atoms with van der Waals surface area (Å²) in [7, 11) is -4.15. The quantitative estimate of drug-likeness (QED) is 0.382. The molecule has 8 heavy (non-hydrogen) atoms. The van der Waals surface area contributed by atoms with E-state index in [2.05, 4.69) is 4.74 Å². The summed E-state index contributed by atoms with van der Waals surface area (Å²) in [5, 5.41) is 0. The van der Waals surface area contributed by atoms with Crippen LogP contribution >= 0.6 is 7.60 Å². The highest BCUT2D eigenvalue weighted by molar-refractivity contribution is 7.51. The van der Waals surface area contributed by atoms with Gasteiger partial charge in [-0.2, -0.15) is 0 Å². The largest absolute Gasteiger partial charge is 0.777 e. The predicted octanol–water partition coefficient (Wildman–Crippen LogP) is -0.723. The molecule has 0 bridgehead atoms. The maximum absolute atomic E-state index is 10.1. The monoisotopic (exact) mass is 137 g/mol. The Morgan fingerprint density at radius 1 is 1.88 bits per heavy atom. The Morgan fingerprint density at radius 3 is 2.25 bits per heavy atom. The minimum Gasteiger partial charge on any atom is -0.777 e. The lowest BCUT2D eigenvalue weighted by Gasteiger charge is -2.10. The van der Waals surface area contributed by atoms with Gasteiger partial charge in [0.2, 0.25) is 0 Å². The summed E-state index contributed by atoms with van der Waals surface area (Å²) in [5.74, 6) is -0.928. The van der Waals surface area contributed by atoms with Crippen molar-refractivity contribution in [2.24, 2.45) is 0 Å². The third-order valence-corrected chi connectivity index (χ3v) is 2.19. The molecule has 0 radical (unpaired) electrons. The molecule has 0 aliphatic carbocycles. The van der Waals surface area contributed by atoms with Crippen molar-refractivity contribution in [2.45, 2.75) is 18.9 Å². The minimum atomic E-state index is -4.15. The molecule has 1 aliphatic heterocycles. The van der Waals surface area contributed by atoms with Crippen LogP contribution in [0.1, 0.15) is 6.92 Å². The first-order chi connectivity index (χ1) is 3.52. The molecule has 1 rings (SSSR count). The number of rotatable bonds is 1. The van der Waals surface area contributed by atoms with Crippen LogP contribution in [0.5, 0.6) is 0 Å². The molecule has 1 aliphatic rings. The Balaban J connectivity index is 2.52. The van der Waals surface area contributed by atoms with Gasteiger partial charge in [-0.15, -0.1) is 0 Å². The molecule has 1 saturated heterocycles. The average Bonchev–Trinajstić information content (AvgIpc) is 2.13. The van der Waals surface area contributed by atoms with E-state index in [9.17, 15) is 9.46 Å². The van der Waals surface area contributed by atoms with Crippen LogP contribution in [0.15, 0.2) is 0 Å². The highest BCUT2D eigenvalue weighted by Crippen LogP contribution is 2.49. The van der Waals surface area contributed by atoms with Crippen molar-refractivity contribution in [2.75, 3.05) is 0 Å². The molecule has 1 fully saturated rings. The van der Waals surface area contributed by atoms with Crippen LogP contribution in [0.3, 0.4) is 0 Å². The van der Waals surface area contributed by atoms with Gasteiger partial charge in [-0.1, -0.05) is 0 Å². The van der Waals surface area contributed by atoms with Crippen LogP contribution in [0, 0.1) is 0 Å². The zero-order valence-corrected chi connectivity index (χ0v) is 5.17. The van der Waals surface area contributed by atoms with Gasteiger partial charge in [-0.3, -0.25) is 0 Å². The van der Waals surface area contributed by atoms with E-state index in [1.807, 2.05) is 0 Å². The average molecular weight is 137 g/mol. The third kappa shape index (κ3) is 1.09. The van der Waals surface area contributed by atoms with Gasteiger partial charge in [0.1, 0.15) is 5.85 Å². The van der Waals surface area contributed by atoms with Crippen molar-refractivity contribution in [1.29, 1.82) is 0 Å². The summed E-state index contributed by atoms with van der Waals surface area (Å²) in [4.78, 5) is 18.3. The van der Waals surface area contributed by atoms with Crippen LogP contribution in [0.2, 0.25) is 0 Å². The zero-order valence-electron chi connectivity index (χ0n) is 4.27. The molecule has 0 aromatic rings. The Morgan fingerprint density at radius 2 is 2.25 bits per heavy atom. The van der Waals surface area contributed by atoms with Crippen molar-refractivity contribution in [3.8, 4) is 0 Å². The molecule has 0 amide bonds. The second-order valence-corrected chi connectivity index (χ2v) is 3.43. The second-order valence-electron chi connectivity index (χ2n) is 1.80. The van der Waals surface area contributed by atoms with Gasteiger partial charge in [-0.05, 0) is 6.92 Å². The van der Waals surface area contributed by atoms with Crippen molar-refractivity contribution in [1.82, 2.24) is 0 Å². The lowest BCUT2D eigenvalue weighted by molar-refractivity contribution is -0.195. The summed E-state index contributed by atoms with van der Waals surface area (Å²) in [5.41, 5.74) is 0. The van der Waals surface area contributed by atoms with E-state index in [1.165, 1.54) is 0 Å². The molecule has 0 saturated carbocycles. The lowest BCUT2D eigenvalue weighted by Crippen LogP contribution is -2.05. The fraction of sp³-hybridized carbons (Fsp3) is 1.00. The van der Waals surface area contributed by atoms with Crippen molar-refractivity contribution in [3.05, 3.63) is 0 Å². The van der Waals surface area contributed by atoms with E-state index in [1.54, 1.807) is 6.92 Å². The maximum atomic E-state index is 10.1. The molecular formula is C3H6O4P-. The summed E-state index contributed by atoms with van der Waals surface area (Å²) >= 11 is 0. The second kappa shape index (κ2) is 1.54. The van der Waals surface area contributed by atoms with Crippen molar-refractivity contribution < 1.29 is 19.1 Å². The Labute approximate surface area is 46.6 Å². The van der Waals surface area contributed by atoms with Gasteiger partial charge in [0.15, 0.2) is 7.60 Å². The Kier molecular flexibility index (Phi) is 1.20. The van der Waals surface area contributed by atoms with Gasteiger partial charge in [0, 0.05) is 0 Å². The van der Waals surface area contributed by atoms with E-state index in [0.717, 1.165) is 0 Å². The van der Waals surface area contributed by atoms with Gasteiger partial charge >= 0.3 is 0 Å². The predicted molar refractivity (Wildman–Crippen MR) is 24.2 cm³/mol. The van der Waals surface area contributed by atoms with E-state index in [4.69, 9.17) is 4.89 Å². The molecule has 3 atom stereocenters. The molecule has 1 unspecified atom stereocenters. The maximum Gasteiger partial charge on any atom is 0.163 e. The van der Waals surface area contributed by atoms with E-state index < -0.39 is 13.4 Å². The lowest BCUT2D eigenvalue weighted by atomic mass is 10.6. The number of hydrogen-bond donors (Lipinski definition) is 1. The smallest absolute Gasteiger partial charge is 0.163 e. The van der Waals surface area contributed by atoms with Crippen LogP contribution in [-0.4, -0.2) is 16.8 Å². The van der Waals surface area contributed by atoms with E-state index in [0.29, 0.717) is 0 Å². The van der Waals surface area contributed by atoms with Crippen molar-refractivity contribution >= 4 is 7.60 Å². The molecule has 0 spiro atoms.